The van der Waals surface area contributed by atoms with Gasteiger partial charge in [-0.25, -0.2) is 0 Å². The summed E-state index contributed by atoms with van der Waals surface area (Å²) in [5.41, 5.74) is 1.65. The first-order valence-corrected chi connectivity index (χ1v) is 10.7. The molecule has 1 amide bonds. The highest BCUT2D eigenvalue weighted by molar-refractivity contribution is 7.99. The zero-order valence-corrected chi connectivity index (χ0v) is 17.2. The maximum absolute atomic E-state index is 12.3. The number of nitrogens with one attached hydrogen (secondary N) is 1. The predicted molar refractivity (Wildman–Crippen MR) is 108 cm³/mol. The minimum atomic E-state index is 0.0393. The molecule has 0 aliphatic heterocycles. The van der Waals surface area contributed by atoms with Crippen LogP contribution in [0.2, 0.25) is 0 Å². The molecule has 2 rings (SSSR count). The summed E-state index contributed by atoms with van der Waals surface area (Å²) >= 11 is 1.56. The summed E-state index contributed by atoms with van der Waals surface area (Å²) < 4.78 is 5.65. The molecular weight excluding hydrogens is 346 g/mol. The lowest BCUT2D eigenvalue weighted by atomic mass is 9.78. The van der Waals surface area contributed by atoms with Crippen molar-refractivity contribution >= 4 is 23.5 Å². The van der Waals surface area contributed by atoms with E-state index < -0.39 is 0 Å². The Morgan fingerprint density at radius 1 is 1.27 bits per heavy atom. The smallest absolute Gasteiger partial charge is 0.230 e. The van der Waals surface area contributed by atoms with Crippen molar-refractivity contribution < 1.29 is 14.3 Å². The number of thioether (sulfide) groups is 1. The lowest BCUT2D eigenvalue weighted by molar-refractivity contribution is -0.120. The summed E-state index contributed by atoms with van der Waals surface area (Å²) in [5, 5.41) is 3.21. The number of carbonyl (C=O) groups is 2. The molecule has 1 aliphatic carbocycles. The Labute approximate surface area is 161 Å². The molecule has 1 aliphatic rings. The summed E-state index contributed by atoms with van der Waals surface area (Å²) in [6.07, 6.45) is 3.53. The fourth-order valence-electron chi connectivity index (χ4n) is 3.50. The van der Waals surface area contributed by atoms with Crippen molar-refractivity contribution in [3.63, 3.8) is 0 Å². The van der Waals surface area contributed by atoms with Crippen molar-refractivity contribution in [2.24, 2.45) is 11.8 Å². The second-order valence-electron chi connectivity index (χ2n) is 7.25. The van der Waals surface area contributed by atoms with Gasteiger partial charge in [0, 0.05) is 22.9 Å². The Morgan fingerprint density at radius 2 is 2.04 bits per heavy atom. The van der Waals surface area contributed by atoms with Crippen LogP contribution in [-0.2, 0) is 10.5 Å². The van der Waals surface area contributed by atoms with E-state index in [0.717, 1.165) is 17.7 Å². The molecule has 26 heavy (non-hydrogen) atoms. The van der Waals surface area contributed by atoms with Crippen LogP contribution in [0.1, 0.15) is 62.9 Å². The highest BCUT2D eigenvalue weighted by atomic mass is 32.2. The van der Waals surface area contributed by atoms with Crippen LogP contribution < -0.4 is 10.1 Å². The van der Waals surface area contributed by atoms with Gasteiger partial charge in [-0.1, -0.05) is 26.7 Å². The third-order valence-electron chi connectivity index (χ3n) is 5.31. The van der Waals surface area contributed by atoms with Crippen molar-refractivity contribution in [1.82, 2.24) is 5.32 Å². The van der Waals surface area contributed by atoms with Crippen LogP contribution >= 0.6 is 11.8 Å². The van der Waals surface area contributed by atoms with Crippen LogP contribution in [0.3, 0.4) is 0 Å². The third-order valence-corrected chi connectivity index (χ3v) is 6.29. The van der Waals surface area contributed by atoms with Crippen molar-refractivity contribution in [3.05, 3.63) is 29.3 Å². The van der Waals surface area contributed by atoms with Gasteiger partial charge in [0.2, 0.25) is 5.91 Å². The fourth-order valence-corrected chi connectivity index (χ4v) is 4.31. The van der Waals surface area contributed by atoms with E-state index in [9.17, 15) is 9.59 Å². The fraction of sp³-hybridized carbons (Fsp3) is 0.619. The molecule has 1 aromatic carbocycles. The van der Waals surface area contributed by atoms with E-state index in [-0.39, 0.29) is 11.7 Å². The molecule has 0 radical (unpaired) electrons. The summed E-state index contributed by atoms with van der Waals surface area (Å²) in [7, 11) is 0. The van der Waals surface area contributed by atoms with Gasteiger partial charge in [-0.2, -0.15) is 0 Å². The van der Waals surface area contributed by atoms with Gasteiger partial charge >= 0.3 is 0 Å². The molecule has 0 bridgehead atoms. The van der Waals surface area contributed by atoms with E-state index in [1.165, 1.54) is 12.8 Å². The van der Waals surface area contributed by atoms with Crippen molar-refractivity contribution in [3.8, 4) is 5.75 Å². The van der Waals surface area contributed by atoms with Crippen molar-refractivity contribution in [2.75, 3.05) is 12.4 Å². The number of carbonyl (C=O) groups excluding carboxylic acids is 2. The predicted octanol–water partition coefficient (Wildman–Crippen LogP) is 4.46. The standard InChI is InChI=1S/C21H31NO3S/c1-5-25-20-10-9-17(16(4)23)11-18(20)12-26-13-21(24)22-19-8-6-7-14(2)15(19)3/h9-11,14-15,19H,5-8,12-13H2,1-4H3,(H,22,24)/t14-,15-,19+/m0/s1. The van der Waals surface area contributed by atoms with E-state index in [1.54, 1.807) is 24.8 Å². The molecule has 5 heteroatoms. The SMILES string of the molecule is CCOc1ccc(C(C)=O)cc1CSCC(=O)N[C@@H]1CCC[C@H](C)[C@@H]1C. The van der Waals surface area contributed by atoms with Gasteiger partial charge in [-0.3, -0.25) is 9.59 Å². The van der Waals surface area contributed by atoms with Crippen LogP contribution in [0.15, 0.2) is 18.2 Å². The molecule has 1 fully saturated rings. The maximum Gasteiger partial charge on any atom is 0.230 e. The van der Waals surface area contributed by atoms with E-state index in [4.69, 9.17) is 4.74 Å². The van der Waals surface area contributed by atoms with Gasteiger partial charge in [-0.05, 0) is 50.3 Å². The minimum absolute atomic E-state index is 0.0393. The van der Waals surface area contributed by atoms with Crippen LogP contribution in [0.4, 0.5) is 0 Å². The van der Waals surface area contributed by atoms with Crippen LogP contribution in [-0.4, -0.2) is 30.1 Å². The molecule has 1 aromatic rings. The molecule has 4 nitrogen and oxygen atoms in total. The van der Waals surface area contributed by atoms with E-state index in [1.807, 2.05) is 19.1 Å². The molecule has 0 aromatic heterocycles. The molecular formula is C21H31NO3S. The van der Waals surface area contributed by atoms with Gasteiger partial charge < -0.3 is 10.1 Å². The number of rotatable bonds is 8. The minimum Gasteiger partial charge on any atom is -0.494 e. The molecule has 0 unspecified atom stereocenters. The van der Waals surface area contributed by atoms with E-state index >= 15 is 0 Å². The van der Waals surface area contributed by atoms with Crippen LogP contribution in [0.5, 0.6) is 5.75 Å². The second-order valence-corrected chi connectivity index (χ2v) is 8.23. The average Bonchev–Trinajstić information content (AvgIpc) is 2.60. The summed E-state index contributed by atoms with van der Waals surface area (Å²) in [6, 6.07) is 5.82. The molecule has 0 saturated heterocycles. The molecule has 144 valence electrons. The number of Topliss-reactive ketones (excluding diaryl/α,β-unsaturated/α-hetero) is 1. The first-order chi connectivity index (χ1) is 12.4. The summed E-state index contributed by atoms with van der Waals surface area (Å²) in [4.78, 5) is 23.9. The average molecular weight is 378 g/mol. The Bertz CT molecular complexity index is 632. The van der Waals surface area contributed by atoms with Gasteiger partial charge in [0.1, 0.15) is 5.75 Å². The number of ketones is 1. The number of benzene rings is 1. The number of hydrogen-bond donors (Lipinski definition) is 1. The zero-order chi connectivity index (χ0) is 19.1. The maximum atomic E-state index is 12.3. The molecule has 1 N–H and O–H groups in total. The number of ether oxygens (including phenoxy) is 1. The Balaban J connectivity index is 1.89. The van der Waals surface area contributed by atoms with Gasteiger partial charge in [0.25, 0.3) is 0 Å². The van der Waals surface area contributed by atoms with Crippen molar-refractivity contribution in [1.29, 1.82) is 0 Å². The highest BCUT2D eigenvalue weighted by Gasteiger charge is 2.27. The molecule has 3 atom stereocenters. The Kier molecular flexibility index (Phi) is 8.01. The third kappa shape index (κ3) is 5.76. The lowest BCUT2D eigenvalue weighted by Crippen LogP contribution is -2.44. The topological polar surface area (TPSA) is 55.4 Å². The largest absolute Gasteiger partial charge is 0.494 e. The quantitative estimate of drug-likeness (QED) is 0.680. The zero-order valence-electron chi connectivity index (χ0n) is 16.3. The Morgan fingerprint density at radius 3 is 2.73 bits per heavy atom. The van der Waals surface area contributed by atoms with Crippen molar-refractivity contribution in [2.45, 2.75) is 58.8 Å². The Hall–Kier alpha value is -1.49. The normalized spacial score (nSPS) is 22.7. The second kappa shape index (κ2) is 10.0. The summed E-state index contributed by atoms with van der Waals surface area (Å²) in [5.74, 6) is 3.21. The van der Waals surface area contributed by atoms with Gasteiger partial charge in [0.05, 0.1) is 12.4 Å². The molecule has 1 saturated carbocycles. The highest BCUT2D eigenvalue weighted by Crippen LogP contribution is 2.30. The van der Waals surface area contributed by atoms with E-state index in [2.05, 4.69) is 19.2 Å². The summed E-state index contributed by atoms with van der Waals surface area (Å²) in [6.45, 7) is 8.59. The molecule has 0 spiro atoms. The number of hydrogen-bond acceptors (Lipinski definition) is 4. The lowest BCUT2D eigenvalue weighted by Gasteiger charge is -2.34. The number of amides is 1. The van der Waals surface area contributed by atoms with Crippen LogP contribution in [0, 0.1) is 11.8 Å². The van der Waals surface area contributed by atoms with Gasteiger partial charge in [0.15, 0.2) is 5.78 Å². The first kappa shape index (κ1) is 20.8. The van der Waals surface area contributed by atoms with Gasteiger partial charge in [-0.15, -0.1) is 11.8 Å². The monoisotopic (exact) mass is 377 g/mol. The van der Waals surface area contributed by atoms with E-state index in [0.29, 0.717) is 41.6 Å². The van der Waals surface area contributed by atoms with Crippen LogP contribution in [0.25, 0.3) is 0 Å². The molecule has 0 heterocycles. The first-order valence-electron chi connectivity index (χ1n) is 9.56.